The second kappa shape index (κ2) is 8.97. The third-order valence-corrected chi connectivity index (χ3v) is 4.55. The van der Waals surface area contributed by atoms with Crippen molar-refractivity contribution in [2.24, 2.45) is 5.73 Å². The lowest BCUT2D eigenvalue weighted by Gasteiger charge is -2.16. The number of hydrogen-bond acceptors (Lipinski definition) is 5. The van der Waals surface area contributed by atoms with E-state index in [9.17, 15) is 14.4 Å². The fourth-order valence-corrected chi connectivity index (χ4v) is 3.05. The van der Waals surface area contributed by atoms with Crippen LogP contribution in [0.15, 0.2) is 65.2 Å². The minimum atomic E-state index is -1.09. The normalized spacial score (nSPS) is 11.6. The van der Waals surface area contributed by atoms with Crippen LogP contribution in [0.1, 0.15) is 28.0 Å². The molecule has 0 fully saturated rings. The summed E-state index contributed by atoms with van der Waals surface area (Å²) >= 11 is 0. The zero-order chi connectivity index (χ0) is 20.8. The van der Waals surface area contributed by atoms with Crippen molar-refractivity contribution in [3.05, 3.63) is 77.5 Å². The van der Waals surface area contributed by atoms with Gasteiger partial charge in [0.15, 0.2) is 5.76 Å². The molecule has 1 atom stereocenters. The zero-order valence-corrected chi connectivity index (χ0v) is 15.9. The monoisotopic (exact) mass is 391 g/mol. The molecule has 0 aliphatic carbocycles. The predicted octanol–water partition coefficient (Wildman–Crippen LogP) is 2.44. The van der Waals surface area contributed by atoms with E-state index in [2.05, 4.69) is 10.5 Å². The Morgan fingerprint density at radius 1 is 1.03 bits per heavy atom. The quantitative estimate of drug-likeness (QED) is 0.572. The molecule has 148 valence electrons. The molecule has 1 aromatic heterocycles. The van der Waals surface area contributed by atoms with E-state index in [0.29, 0.717) is 23.4 Å². The molecule has 7 nitrogen and oxygen atoms in total. The highest BCUT2D eigenvalue weighted by Crippen LogP contribution is 2.26. The van der Waals surface area contributed by atoms with E-state index in [4.69, 9.17) is 10.3 Å². The standard InChI is InChI=1S/C22H21N3O4/c1-14-18(20(29-25-14)16-10-6-3-7-11-16)22(28)24-17(19(26)21(23)27)13-12-15-8-4-2-5-9-15/h2-11,17H,12-13H2,1H3,(H2,23,27)(H,24,28). The number of benzene rings is 2. The number of ketones is 1. The summed E-state index contributed by atoms with van der Waals surface area (Å²) in [4.78, 5) is 36.7. The smallest absolute Gasteiger partial charge is 0.287 e. The van der Waals surface area contributed by atoms with Gasteiger partial charge >= 0.3 is 0 Å². The Bertz CT molecular complexity index is 1010. The van der Waals surface area contributed by atoms with Crippen molar-refractivity contribution in [1.29, 1.82) is 0 Å². The molecule has 2 amide bonds. The lowest BCUT2D eigenvalue weighted by Crippen LogP contribution is -2.46. The van der Waals surface area contributed by atoms with Crippen LogP contribution in [0.5, 0.6) is 0 Å². The minimum absolute atomic E-state index is 0.221. The van der Waals surface area contributed by atoms with E-state index in [1.807, 2.05) is 48.5 Å². The SMILES string of the molecule is Cc1noc(-c2ccccc2)c1C(=O)NC(CCc1ccccc1)C(=O)C(N)=O. The first kappa shape index (κ1) is 20.0. The van der Waals surface area contributed by atoms with Gasteiger partial charge in [-0.1, -0.05) is 65.8 Å². The summed E-state index contributed by atoms with van der Waals surface area (Å²) in [6.07, 6.45) is 0.738. The van der Waals surface area contributed by atoms with Crippen molar-refractivity contribution in [2.45, 2.75) is 25.8 Å². The number of amides is 2. The first-order valence-corrected chi connectivity index (χ1v) is 9.17. The molecule has 1 unspecified atom stereocenters. The lowest BCUT2D eigenvalue weighted by molar-refractivity contribution is -0.137. The molecule has 0 saturated carbocycles. The summed E-state index contributed by atoms with van der Waals surface area (Å²) < 4.78 is 5.33. The molecule has 0 bridgehead atoms. The third kappa shape index (κ3) is 4.76. The van der Waals surface area contributed by atoms with Gasteiger partial charge in [0.05, 0.1) is 11.7 Å². The fraction of sp³-hybridized carbons (Fsp3) is 0.182. The Morgan fingerprint density at radius 2 is 1.66 bits per heavy atom. The highest BCUT2D eigenvalue weighted by atomic mass is 16.5. The average Bonchev–Trinajstić information content (AvgIpc) is 3.13. The maximum absolute atomic E-state index is 13.0. The van der Waals surface area contributed by atoms with Gasteiger partial charge in [0, 0.05) is 5.56 Å². The van der Waals surface area contributed by atoms with E-state index >= 15 is 0 Å². The van der Waals surface area contributed by atoms with Gasteiger partial charge in [0.25, 0.3) is 11.8 Å². The Morgan fingerprint density at radius 3 is 2.28 bits per heavy atom. The summed E-state index contributed by atoms with van der Waals surface area (Å²) in [5, 5.41) is 6.51. The number of carbonyl (C=O) groups is 3. The second-order valence-electron chi connectivity index (χ2n) is 6.62. The average molecular weight is 391 g/mol. The second-order valence-corrected chi connectivity index (χ2v) is 6.62. The van der Waals surface area contributed by atoms with Crippen LogP contribution in [-0.2, 0) is 16.0 Å². The molecule has 0 aliphatic rings. The first-order valence-electron chi connectivity index (χ1n) is 9.17. The molecule has 0 aliphatic heterocycles. The molecule has 0 saturated heterocycles. The van der Waals surface area contributed by atoms with Crippen molar-refractivity contribution in [3.63, 3.8) is 0 Å². The van der Waals surface area contributed by atoms with Gasteiger partial charge in [0.2, 0.25) is 5.78 Å². The molecule has 3 N–H and O–H groups in total. The number of hydrogen-bond donors (Lipinski definition) is 2. The Balaban J connectivity index is 1.82. The van der Waals surface area contributed by atoms with Crippen LogP contribution in [0.4, 0.5) is 0 Å². The van der Waals surface area contributed by atoms with Crippen LogP contribution >= 0.6 is 0 Å². The predicted molar refractivity (Wildman–Crippen MR) is 107 cm³/mol. The number of nitrogens with zero attached hydrogens (tertiary/aromatic N) is 1. The number of aryl methyl sites for hydroxylation is 2. The molecule has 1 heterocycles. The van der Waals surface area contributed by atoms with Gasteiger partial charge < -0.3 is 15.6 Å². The molecular weight excluding hydrogens is 370 g/mol. The largest absolute Gasteiger partial charge is 0.363 e. The summed E-state index contributed by atoms with van der Waals surface area (Å²) in [5.41, 5.74) is 7.45. The Hall–Kier alpha value is -3.74. The molecule has 0 spiro atoms. The molecule has 29 heavy (non-hydrogen) atoms. The van der Waals surface area contributed by atoms with E-state index in [0.717, 1.165) is 5.56 Å². The maximum Gasteiger partial charge on any atom is 0.287 e. The van der Waals surface area contributed by atoms with E-state index in [1.54, 1.807) is 19.1 Å². The van der Waals surface area contributed by atoms with E-state index in [-0.39, 0.29) is 12.0 Å². The number of aromatic nitrogens is 1. The highest BCUT2D eigenvalue weighted by Gasteiger charge is 2.29. The van der Waals surface area contributed by atoms with Crippen LogP contribution in [0, 0.1) is 6.92 Å². The summed E-state index contributed by atoms with van der Waals surface area (Å²) in [6, 6.07) is 17.5. The Kier molecular flexibility index (Phi) is 6.19. The molecule has 3 aromatic rings. The van der Waals surface area contributed by atoms with Gasteiger partial charge in [0.1, 0.15) is 5.56 Å². The molecule has 3 rings (SSSR count). The van der Waals surface area contributed by atoms with Crippen LogP contribution in [0.2, 0.25) is 0 Å². The van der Waals surface area contributed by atoms with Crippen LogP contribution in [-0.4, -0.2) is 28.8 Å². The number of nitrogens with one attached hydrogen (secondary N) is 1. The van der Waals surface area contributed by atoms with E-state index in [1.165, 1.54) is 0 Å². The third-order valence-electron chi connectivity index (χ3n) is 4.55. The number of nitrogens with two attached hydrogens (primary N) is 1. The van der Waals surface area contributed by atoms with Crippen molar-refractivity contribution in [3.8, 4) is 11.3 Å². The van der Waals surface area contributed by atoms with Gasteiger partial charge in [-0.2, -0.15) is 0 Å². The molecular formula is C22H21N3O4. The number of primary amides is 1. The summed E-state index contributed by atoms with van der Waals surface area (Å²) in [6.45, 7) is 1.64. The Labute approximate surface area is 167 Å². The maximum atomic E-state index is 13.0. The van der Waals surface area contributed by atoms with Gasteiger partial charge in [-0.15, -0.1) is 0 Å². The lowest BCUT2D eigenvalue weighted by atomic mass is 10.0. The van der Waals surface area contributed by atoms with Gasteiger partial charge in [-0.25, -0.2) is 0 Å². The highest BCUT2D eigenvalue weighted by molar-refractivity contribution is 6.38. The van der Waals surface area contributed by atoms with Gasteiger partial charge in [-0.05, 0) is 25.3 Å². The number of carbonyl (C=O) groups excluding carboxylic acids is 3. The minimum Gasteiger partial charge on any atom is -0.363 e. The van der Waals surface area contributed by atoms with Crippen molar-refractivity contribution in [2.75, 3.05) is 0 Å². The van der Waals surface area contributed by atoms with Crippen molar-refractivity contribution in [1.82, 2.24) is 10.5 Å². The number of Topliss-reactive ketones (excluding diaryl/α,β-unsaturated/α-hetero) is 1. The summed E-state index contributed by atoms with van der Waals surface area (Å²) in [5.74, 6) is -2.18. The topological polar surface area (TPSA) is 115 Å². The number of rotatable bonds is 8. The fourth-order valence-electron chi connectivity index (χ4n) is 3.05. The van der Waals surface area contributed by atoms with Crippen molar-refractivity contribution >= 4 is 17.6 Å². The van der Waals surface area contributed by atoms with Crippen molar-refractivity contribution < 1.29 is 18.9 Å². The molecule has 2 aromatic carbocycles. The van der Waals surface area contributed by atoms with Crippen LogP contribution < -0.4 is 11.1 Å². The van der Waals surface area contributed by atoms with E-state index < -0.39 is 23.6 Å². The van der Waals surface area contributed by atoms with Gasteiger partial charge in [-0.3, -0.25) is 14.4 Å². The first-order chi connectivity index (χ1) is 14.0. The zero-order valence-electron chi connectivity index (χ0n) is 15.9. The molecule has 0 radical (unpaired) electrons. The molecule has 7 heteroatoms. The van der Waals surface area contributed by atoms with Crippen LogP contribution in [0.25, 0.3) is 11.3 Å². The van der Waals surface area contributed by atoms with Crippen LogP contribution in [0.3, 0.4) is 0 Å². The summed E-state index contributed by atoms with van der Waals surface area (Å²) in [7, 11) is 0.